The molecule has 0 unspecified atom stereocenters. The molecule has 0 radical (unpaired) electrons. The number of carboxylic acid groups (broad SMARTS) is 1. The molecule has 3 aromatic rings. The number of amides is 1. The Kier molecular flexibility index (Phi) is 9.17. The van der Waals surface area contributed by atoms with Gasteiger partial charge in [0.1, 0.15) is 0 Å². The third-order valence-electron chi connectivity index (χ3n) is 8.07. The fourth-order valence-electron chi connectivity index (χ4n) is 5.74. The van der Waals surface area contributed by atoms with Crippen molar-refractivity contribution < 1.29 is 27.9 Å². The summed E-state index contributed by atoms with van der Waals surface area (Å²) in [5.74, 6) is -0.810. The lowest BCUT2D eigenvalue weighted by molar-refractivity contribution is -0.145. The Labute approximate surface area is 241 Å². The number of aryl methyl sites for hydroxylation is 1. The van der Waals surface area contributed by atoms with Crippen LogP contribution in [0.5, 0.6) is 0 Å². The molecule has 41 heavy (non-hydrogen) atoms. The van der Waals surface area contributed by atoms with E-state index in [0.717, 1.165) is 22.3 Å². The molecule has 1 atom stereocenters. The van der Waals surface area contributed by atoms with E-state index in [0.29, 0.717) is 51.9 Å². The smallest absolute Gasteiger partial charge is 0.303 e. The monoisotopic (exact) mass is 576 g/mol. The maximum Gasteiger partial charge on any atom is 0.303 e. The summed E-state index contributed by atoms with van der Waals surface area (Å²) in [6.07, 6.45) is 3.07. The van der Waals surface area contributed by atoms with E-state index in [9.17, 15) is 18.0 Å². The number of hydrogen-bond donors (Lipinski definition) is 2. The van der Waals surface area contributed by atoms with Crippen LogP contribution in [0, 0.1) is 5.92 Å². The van der Waals surface area contributed by atoms with Crippen molar-refractivity contribution in [1.29, 1.82) is 0 Å². The van der Waals surface area contributed by atoms with Crippen molar-refractivity contribution in [3.05, 3.63) is 90.0 Å². The second-order valence-electron chi connectivity index (χ2n) is 10.8. The maximum atomic E-state index is 13.5. The zero-order chi connectivity index (χ0) is 28.8. The predicted molar refractivity (Wildman–Crippen MR) is 156 cm³/mol. The Morgan fingerprint density at radius 3 is 2.15 bits per heavy atom. The molecular weight excluding hydrogens is 540 g/mol. The van der Waals surface area contributed by atoms with Crippen LogP contribution in [0.3, 0.4) is 0 Å². The minimum absolute atomic E-state index is 0.0828. The number of aliphatic carboxylic acids is 1. The number of nitrogens with zero attached hydrogens (tertiary/aromatic N) is 1. The molecule has 0 bridgehead atoms. The molecule has 0 aromatic heterocycles. The molecule has 1 aliphatic heterocycles. The highest BCUT2D eigenvalue weighted by molar-refractivity contribution is 7.89. The highest BCUT2D eigenvalue weighted by Crippen LogP contribution is 2.32. The highest BCUT2D eigenvalue weighted by atomic mass is 32.2. The van der Waals surface area contributed by atoms with Gasteiger partial charge in [-0.2, -0.15) is 0 Å². The van der Waals surface area contributed by atoms with Crippen LogP contribution >= 0.6 is 0 Å². The van der Waals surface area contributed by atoms with E-state index in [1.165, 1.54) is 0 Å². The quantitative estimate of drug-likeness (QED) is 0.378. The van der Waals surface area contributed by atoms with Gasteiger partial charge in [-0.15, -0.1) is 0 Å². The van der Waals surface area contributed by atoms with Crippen LogP contribution in [0.1, 0.15) is 49.3 Å². The molecule has 5 rings (SSSR count). The minimum atomic E-state index is -3.70. The summed E-state index contributed by atoms with van der Waals surface area (Å²) in [5.41, 5.74) is 3.82. The maximum absolute atomic E-state index is 13.5. The summed E-state index contributed by atoms with van der Waals surface area (Å²) in [4.78, 5) is 26.4. The fourth-order valence-corrected chi connectivity index (χ4v) is 7.05. The number of carboxylic acids is 1. The molecule has 1 aliphatic carbocycles. The summed E-state index contributed by atoms with van der Waals surface area (Å²) < 4.78 is 34.8. The van der Waals surface area contributed by atoms with Crippen molar-refractivity contribution in [1.82, 2.24) is 9.62 Å². The normalized spacial score (nSPS) is 21.4. The zero-order valence-corrected chi connectivity index (χ0v) is 23.8. The van der Waals surface area contributed by atoms with Crippen molar-refractivity contribution in [2.75, 3.05) is 19.8 Å². The first-order chi connectivity index (χ1) is 19.8. The first-order valence-corrected chi connectivity index (χ1v) is 15.6. The molecule has 1 saturated carbocycles. The lowest BCUT2D eigenvalue weighted by Gasteiger charge is -2.39. The third-order valence-corrected chi connectivity index (χ3v) is 9.61. The molecule has 0 spiro atoms. The number of sulfonamides is 1. The number of ether oxygens (including phenoxy) is 1. The van der Waals surface area contributed by atoms with E-state index in [1.54, 1.807) is 24.3 Å². The average Bonchev–Trinajstić information content (AvgIpc) is 3.00. The number of carbonyl (C=O) groups excluding carboxylic acids is 1. The molecule has 1 heterocycles. The van der Waals surface area contributed by atoms with Gasteiger partial charge in [0.2, 0.25) is 15.9 Å². The molecule has 2 N–H and O–H groups in total. The number of nitrogens with one attached hydrogen (secondary N) is 1. The summed E-state index contributed by atoms with van der Waals surface area (Å²) in [6.45, 7) is 1.58. The number of morpholine rings is 1. The molecule has 9 heteroatoms. The van der Waals surface area contributed by atoms with E-state index in [1.807, 2.05) is 59.5 Å². The van der Waals surface area contributed by atoms with Crippen LogP contribution in [0.15, 0.2) is 83.8 Å². The molecule has 216 valence electrons. The van der Waals surface area contributed by atoms with Gasteiger partial charge in [-0.25, -0.2) is 13.1 Å². The summed E-state index contributed by atoms with van der Waals surface area (Å²) >= 11 is 0. The standard InChI is InChI=1S/C32H36N2O6S/c35-31(36)19-8-23-6-9-24(10-7-23)25-13-17-29(18-14-25)41(38,39)33-28-15-11-27(12-16-28)32(37)34-20-21-40-22-30(34)26-4-2-1-3-5-26/h1-7,9-10,13-14,17-18,27-28,30,33H,8,11-12,15-16,19-22H2,(H,35,36)/t27-,28-,30-/m1/s1. The highest BCUT2D eigenvalue weighted by Gasteiger charge is 2.35. The molecule has 2 aliphatic rings. The lowest BCUT2D eigenvalue weighted by Crippen LogP contribution is -2.47. The molecule has 3 aromatic carbocycles. The molecule has 8 nitrogen and oxygen atoms in total. The Balaban J connectivity index is 1.16. The van der Waals surface area contributed by atoms with E-state index in [-0.39, 0.29) is 35.2 Å². The van der Waals surface area contributed by atoms with E-state index < -0.39 is 16.0 Å². The first-order valence-electron chi connectivity index (χ1n) is 14.2. The number of rotatable bonds is 9. The Morgan fingerprint density at radius 1 is 0.878 bits per heavy atom. The second kappa shape index (κ2) is 13.0. The molecule has 2 fully saturated rings. The van der Waals surface area contributed by atoms with Crippen LogP contribution in [-0.4, -0.2) is 56.1 Å². The van der Waals surface area contributed by atoms with Gasteiger partial charge in [0.25, 0.3) is 0 Å². The van der Waals surface area contributed by atoms with Crippen LogP contribution in [0.2, 0.25) is 0 Å². The van der Waals surface area contributed by atoms with Gasteiger partial charge >= 0.3 is 5.97 Å². The number of carbonyl (C=O) groups is 2. The van der Waals surface area contributed by atoms with Crippen molar-refractivity contribution >= 4 is 21.9 Å². The second-order valence-corrected chi connectivity index (χ2v) is 12.5. The Hall–Kier alpha value is -3.53. The Morgan fingerprint density at radius 2 is 1.51 bits per heavy atom. The largest absolute Gasteiger partial charge is 0.481 e. The summed E-state index contributed by atoms with van der Waals surface area (Å²) in [7, 11) is -3.70. The third kappa shape index (κ3) is 7.22. The van der Waals surface area contributed by atoms with Crippen molar-refractivity contribution in [2.24, 2.45) is 5.92 Å². The van der Waals surface area contributed by atoms with Gasteiger partial charge in [0, 0.05) is 24.9 Å². The van der Waals surface area contributed by atoms with E-state index in [2.05, 4.69) is 4.72 Å². The van der Waals surface area contributed by atoms with Gasteiger partial charge in [-0.1, -0.05) is 66.7 Å². The van der Waals surface area contributed by atoms with Crippen LogP contribution in [-0.2, 0) is 30.8 Å². The minimum Gasteiger partial charge on any atom is -0.481 e. The molecule has 1 amide bonds. The van der Waals surface area contributed by atoms with Gasteiger partial charge < -0.3 is 14.7 Å². The van der Waals surface area contributed by atoms with Gasteiger partial charge in [-0.05, 0) is 66.5 Å². The van der Waals surface area contributed by atoms with E-state index >= 15 is 0 Å². The predicted octanol–water partition coefficient (Wildman–Crippen LogP) is 4.81. The first kappa shape index (κ1) is 29.0. The molecular formula is C32H36N2O6S. The average molecular weight is 577 g/mol. The lowest BCUT2D eigenvalue weighted by atomic mass is 9.85. The van der Waals surface area contributed by atoms with Gasteiger partial charge in [0.05, 0.1) is 24.2 Å². The van der Waals surface area contributed by atoms with Crippen LogP contribution in [0.25, 0.3) is 11.1 Å². The van der Waals surface area contributed by atoms with Crippen molar-refractivity contribution in [2.45, 2.75) is 55.5 Å². The summed E-state index contributed by atoms with van der Waals surface area (Å²) in [6, 6.07) is 24.0. The van der Waals surface area contributed by atoms with Gasteiger partial charge in [0.15, 0.2) is 0 Å². The SMILES string of the molecule is O=C(O)CCc1ccc(-c2ccc(S(=O)(=O)N[C@H]3CC[C@H](C(=O)N4CCOC[C@@H]4c4ccccc4)CC3)cc2)cc1. The number of benzene rings is 3. The van der Waals surface area contributed by atoms with Gasteiger partial charge in [-0.3, -0.25) is 9.59 Å². The number of hydrogen-bond acceptors (Lipinski definition) is 5. The summed E-state index contributed by atoms with van der Waals surface area (Å²) in [5, 5.41) is 8.86. The topological polar surface area (TPSA) is 113 Å². The molecule has 1 saturated heterocycles. The van der Waals surface area contributed by atoms with Crippen molar-refractivity contribution in [3.8, 4) is 11.1 Å². The van der Waals surface area contributed by atoms with Crippen LogP contribution < -0.4 is 4.72 Å². The van der Waals surface area contributed by atoms with Crippen LogP contribution in [0.4, 0.5) is 0 Å². The Bertz CT molecular complexity index is 1430. The van der Waals surface area contributed by atoms with E-state index in [4.69, 9.17) is 9.84 Å². The van der Waals surface area contributed by atoms with Crippen molar-refractivity contribution in [3.63, 3.8) is 0 Å². The zero-order valence-electron chi connectivity index (χ0n) is 22.9. The fraction of sp³-hybridized carbons (Fsp3) is 0.375.